The van der Waals surface area contributed by atoms with Gasteiger partial charge in [-0.2, -0.15) is 5.10 Å². The monoisotopic (exact) mass is 373 g/mol. The van der Waals surface area contributed by atoms with Crippen molar-refractivity contribution in [2.45, 2.75) is 33.4 Å². The van der Waals surface area contributed by atoms with E-state index < -0.39 is 0 Å². The second-order valence-electron chi connectivity index (χ2n) is 5.74. The summed E-state index contributed by atoms with van der Waals surface area (Å²) in [6.07, 6.45) is 2.13. The molecule has 8 heteroatoms. The fraction of sp³-hybridized carbons (Fsp3) is 0.294. The zero-order chi connectivity index (χ0) is 17.8. The molecule has 2 N–H and O–H groups in total. The third-order valence-electron chi connectivity index (χ3n) is 3.76. The molecule has 0 aliphatic rings. The first-order chi connectivity index (χ1) is 12.0. The van der Waals surface area contributed by atoms with Crippen molar-refractivity contribution < 1.29 is 4.79 Å². The first-order valence-corrected chi connectivity index (χ1v) is 9.15. The van der Waals surface area contributed by atoms with Crippen LogP contribution in [0.1, 0.15) is 21.9 Å². The van der Waals surface area contributed by atoms with E-state index in [0.29, 0.717) is 24.3 Å². The van der Waals surface area contributed by atoms with Gasteiger partial charge in [-0.3, -0.25) is 14.5 Å². The highest BCUT2D eigenvalue weighted by atomic mass is 32.1. The van der Waals surface area contributed by atoms with E-state index >= 15 is 0 Å². The van der Waals surface area contributed by atoms with E-state index in [1.165, 1.54) is 5.56 Å². The van der Waals surface area contributed by atoms with Gasteiger partial charge in [0.1, 0.15) is 0 Å². The number of carbonyl (C=O) groups is 1. The SMILES string of the molecule is Cc1ccc(-c2n[nH]c(=S)n2CCC(=O)NCc2cnc(C)s2)cc1. The molecule has 25 heavy (non-hydrogen) atoms. The third kappa shape index (κ3) is 4.40. The van der Waals surface area contributed by atoms with E-state index in [2.05, 4.69) is 20.5 Å². The lowest BCUT2D eigenvalue weighted by Crippen LogP contribution is -2.23. The van der Waals surface area contributed by atoms with Crippen LogP contribution in [0.15, 0.2) is 30.5 Å². The molecule has 0 radical (unpaired) electrons. The maximum atomic E-state index is 12.1. The quantitative estimate of drug-likeness (QED) is 0.650. The Labute approximate surface area is 154 Å². The van der Waals surface area contributed by atoms with Crippen LogP contribution < -0.4 is 5.32 Å². The van der Waals surface area contributed by atoms with Crippen molar-refractivity contribution in [1.29, 1.82) is 0 Å². The molecule has 6 nitrogen and oxygen atoms in total. The van der Waals surface area contributed by atoms with Gasteiger partial charge in [-0.25, -0.2) is 4.98 Å². The average molecular weight is 374 g/mol. The predicted molar refractivity (Wildman–Crippen MR) is 101 cm³/mol. The smallest absolute Gasteiger partial charge is 0.222 e. The molecule has 1 aromatic carbocycles. The molecular weight excluding hydrogens is 354 g/mol. The summed E-state index contributed by atoms with van der Waals surface area (Å²) < 4.78 is 2.37. The number of hydrogen-bond donors (Lipinski definition) is 2. The molecule has 0 saturated carbocycles. The molecule has 0 atom stereocenters. The fourth-order valence-corrected chi connectivity index (χ4v) is 3.38. The summed E-state index contributed by atoms with van der Waals surface area (Å²) in [5.74, 6) is 0.722. The summed E-state index contributed by atoms with van der Waals surface area (Å²) in [4.78, 5) is 17.3. The largest absolute Gasteiger partial charge is 0.351 e. The normalized spacial score (nSPS) is 10.8. The van der Waals surface area contributed by atoms with E-state index in [9.17, 15) is 4.79 Å². The Morgan fingerprint density at radius 1 is 1.32 bits per heavy atom. The summed E-state index contributed by atoms with van der Waals surface area (Å²) >= 11 is 6.89. The number of hydrogen-bond acceptors (Lipinski definition) is 5. The zero-order valence-electron chi connectivity index (χ0n) is 14.1. The number of rotatable bonds is 6. The second kappa shape index (κ2) is 7.71. The topological polar surface area (TPSA) is 75.6 Å². The molecule has 0 aliphatic heterocycles. The van der Waals surface area contributed by atoms with Gasteiger partial charge in [0.2, 0.25) is 5.91 Å². The van der Waals surface area contributed by atoms with Crippen molar-refractivity contribution in [2.75, 3.05) is 0 Å². The fourth-order valence-electron chi connectivity index (χ4n) is 2.42. The van der Waals surface area contributed by atoms with Crippen LogP contribution in [0.2, 0.25) is 0 Å². The Bertz CT molecular complexity index is 923. The van der Waals surface area contributed by atoms with E-state index in [4.69, 9.17) is 12.2 Å². The zero-order valence-corrected chi connectivity index (χ0v) is 15.7. The number of aromatic nitrogens is 4. The van der Waals surface area contributed by atoms with Crippen molar-refractivity contribution in [1.82, 2.24) is 25.1 Å². The van der Waals surface area contributed by atoms with Gasteiger partial charge in [0, 0.05) is 29.6 Å². The molecule has 0 bridgehead atoms. The highest BCUT2D eigenvalue weighted by molar-refractivity contribution is 7.71. The molecule has 0 unspecified atom stereocenters. The summed E-state index contributed by atoms with van der Waals surface area (Å²) in [6.45, 7) is 4.97. The summed E-state index contributed by atoms with van der Waals surface area (Å²) in [5.41, 5.74) is 2.15. The molecule has 2 aromatic heterocycles. The molecular formula is C17H19N5OS2. The number of nitrogens with one attached hydrogen (secondary N) is 2. The minimum atomic E-state index is -0.0241. The minimum absolute atomic E-state index is 0.0241. The number of benzene rings is 1. The number of amides is 1. The summed E-state index contributed by atoms with van der Waals surface area (Å²) in [7, 11) is 0. The van der Waals surface area contributed by atoms with Crippen LogP contribution in [0.25, 0.3) is 11.4 Å². The van der Waals surface area contributed by atoms with Gasteiger partial charge in [-0.05, 0) is 26.1 Å². The number of H-pyrrole nitrogens is 1. The van der Waals surface area contributed by atoms with Crippen LogP contribution in [-0.4, -0.2) is 25.7 Å². The Balaban J connectivity index is 1.63. The first-order valence-electron chi connectivity index (χ1n) is 7.93. The third-order valence-corrected chi connectivity index (χ3v) is 4.98. The molecule has 2 heterocycles. The van der Waals surface area contributed by atoms with Crippen molar-refractivity contribution >= 4 is 29.5 Å². The molecule has 130 valence electrons. The predicted octanol–water partition coefficient (Wildman–Crippen LogP) is 3.39. The second-order valence-corrected chi connectivity index (χ2v) is 7.45. The Morgan fingerprint density at radius 2 is 2.08 bits per heavy atom. The number of aromatic amines is 1. The maximum Gasteiger partial charge on any atom is 0.222 e. The highest BCUT2D eigenvalue weighted by Gasteiger charge is 2.11. The molecule has 0 aliphatic carbocycles. The maximum absolute atomic E-state index is 12.1. The van der Waals surface area contributed by atoms with Crippen molar-refractivity contribution in [2.24, 2.45) is 0 Å². The van der Waals surface area contributed by atoms with Gasteiger partial charge < -0.3 is 5.32 Å². The van der Waals surface area contributed by atoms with E-state index in [1.54, 1.807) is 17.5 Å². The molecule has 0 saturated heterocycles. The van der Waals surface area contributed by atoms with Crippen molar-refractivity contribution in [3.63, 3.8) is 0 Å². The van der Waals surface area contributed by atoms with Gasteiger partial charge >= 0.3 is 0 Å². The molecule has 3 aromatic rings. The van der Waals surface area contributed by atoms with E-state index in [1.807, 2.05) is 42.7 Å². The van der Waals surface area contributed by atoms with Crippen molar-refractivity contribution in [3.05, 3.63) is 50.7 Å². The molecule has 3 rings (SSSR count). The lowest BCUT2D eigenvalue weighted by Gasteiger charge is -2.08. The van der Waals surface area contributed by atoms with Crippen LogP contribution >= 0.6 is 23.6 Å². The number of nitrogens with zero attached hydrogens (tertiary/aromatic N) is 3. The lowest BCUT2D eigenvalue weighted by atomic mass is 10.1. The summed E-state index contributed by atoms with van der Waals surface area (Å²) in [5, 5.41) is 11.0. The van der Waals surface area contributed by atoms with Gasteiger partial charge in [0.05, 0.1) is 11.6 Å². The molecule has 0 fully saturated rings. The first kappa shape index (κ1) is 17.5. The van der Waals surface area contributed by atoms with E-state index in [0.717, 1.165) is 21.3 Å². The molecule has 0 spiro atoms. The van der Waals surface area contributed by atoms with Crippen molar-refractivity contribution in [3.8, 4) is 11.4 Å². The van der Waals surface area contributed by atoms with Crippen LogP contribution in [0.4, 0.5) is 0 Å². The van der Waals surface area contributed by atoms with Crippen LogP contribution in [0.3, 0.4) is 0 Å². The highest BCUT2D eigenvalue weighted by Crippen LogP contribution is 2.18. The number of carbonyl (C=O) groups excluding carboxylic acids is 1. The minimum Gasteiger partial charge on any atom is -0.351 e. The van der Waals surface area contributed by atoms with Crippen LogP contribution in [0.5, 0.6) is 0 Å². The Kier molecular flexibility index (Phi) is 5.40. The number of thiazole rings is 1. The van der Waals surface area contributed by atoms with Crippen LogP contribution in [0, 0.1) is 18.6 Å². The standard InChI is InChI=1S/C17H19N5OS2/c1-11-3-5-13(6-4-11)16-20-21-17(24)22(16)8-7-15(23)19-10-14-9-18-12(2)25-14/h3-6,9H,7-8,10H2,1-2H3,(H,19,23)(H,21,24). The van der Waals surface area contributed by atoms with Crippen LogP contribution in [-0.2, 0) is 17.9 Å². The lowest BCUT2D eigenvalue weighted by molar-refractivity contribution is -0.121. The van der Waals surface area contributed by atoms with Gasteiger partial charge in [-0.1, -0.05) is 29.8 Å². The Morgan fingerprint density at radius 3 is 2.76 bits per heavy atom. The Hall–Kier alpha value is -2.32. The van der Waals surface area contributed by atoms with Gasteiger partial charge in [0.15, 0.2) is 10.6 Å². The van der Waals surface area contributed by atoms with E-state index in [-0.39, 0.29) is 5.91 Å². The van der Waals surface area contributed by atoms with Gasteiger partial charge in [0.25, 0.3) is 0 Å². The number of aryl methyl sites for hydroxylation is 2. The average Bonchev–Trinajstić information content (AvgIpc) is 3.17. The van der Waals surface area contributed by atoms with Gasteiger partial charge in [-0.15, -0.1) is 11.3 Å². The summed E-state index contributed by atoms with van der Waals surface area (Å²) in [6, 6.07) is 8.06. The molecule has 1 amide bonds.